The van der Waals surface area contributed by atoms with Crippen LogP contribution in [-0.4, -0.2) is 24.8 Å². The summed E-state index contributed by atoms with van der Waals surface area (Å²) in [5.41, 5.74) is 0. The number of hydrogen-bond acceptors (Lipinski definition) is 2. The van der Waals surface area contributed by atoms with Crippen molar-refractivity contribution in [1.29, 1.82) is 0 Å². The summed E-state index contributed by atoms with van der Waals surface area (Å²) in [4.78, 5) is 0. The Morgan fingerprint density at radius 3 is 1.62 bits per heavy atom. The summed E-state index contributed by atoms with van der Waals surface area (Å²) in [6.45, 7) is 10.4. The SMILES string of the molecule is C1CN1.C=C.CCO. The third-order valence-corrected chi connectivity index (χ3v) is 0.250. The summed E-state index contributed by atoms with van der Waals surface area (Å²) in [6.07, 6.45) is 0. The molecule has 0 unspecified atom stereocenters. The molecule has 0 spiro atoms. The maximum absolute atomic E-state index is 7.57. The molecule has 1 saturated heterocycles. The van der Waals surface area contributed by atoms with Gasteiger partial charge in [0, 0.05) is 19.7 Å². The molecule has 0 aliphatic carbocycles. The summed E-state index contributed by atoms with van der Waals surface area (Å²) in [6, 6.07) is 0. The van der Waals surface area contributed by atoms with Crippen molar-refractivity contribution in [2.75, 3.05) is 19.7 Å². The molecule has 0 bridgehead atoms. The second-order valence-corrected chi connectivity index (χ2v) is 1.07. The lowest BCUT2D eigenvalue weighted by Crippen LogP contribution is -1.57. The molecule has 2 N–H and O–H groups in total. The molecule has 2 nitrogen and oxygen atoms in total. The Balaban J connectivity index is 0. The molecule has 0 atom stereocenters. The second kappa shape index (κ2) is 15.9. The molecular formula is C6H15NO. The highest BCUT2D eigenvalue weighted by Gasteiger charge is 1.91. The van der Waals surface area contributed by atoms with Crippen LogP contribution in [0, 0.1) is 0 Å². The molecule has 1 aliphatic rings. The highest BCUT2D eigenvalue weighted by Crippen LogP contribution is 1.65. The van der Waals surface area contributed by atoms with Gasteiger partial charge in [-0.1, -0.05) is 0 Å². The van der Waals surface area contributed by atoms with Gasteiger partial charge >= 0.3 is 0 Å². The summed E-state index contributed by atoms with van der Waals surface area (Å²) in [5, 5.41) is 10.6. The van der Waals surface area contributed by atoms with Gasteiger partial charge in [-0.2, -0.15) is 0 Å². The average Bonchev–Trinajstić information content (AvgIpc) is 2.54. The number of nitrogens with one attached hydrogen (secondary N) is 1. The fraction of sp³-hybridized carbons (Fsp3) is 0.667. The molecular weight excluding hydrogens is 102 g/mol. The molecule has 1 fully saturated rings. The van der Waals surface area contributed by atoms with Crippen molar-refractivity contribution in [3.8, 4) is 0 Å². The van der Waals surface area contributed by atoms with Crippen molar-refractivity contribution in [3.63, 3.8) is 0 Å². The summed E-state index contributed by atoms with van der Waals surface area (Å²) >= 11 is 0. The van der Waals surface area contributed by atoms with E-state index in [4.69, 9.17) is 5.11 Å². The van der Waals surface area contributed by atoms with Crippen LogP contribution in [0.2, 0.25) is 0 Å². The lowest BCUT2D eigenvalue weighted by molar-refractivity contribution is 0.318. The van der Waals surface area contributed by atoms with E-state index in [0.29, 0.717) is 0 Å². The number of hydrogen-bond donors (Lipinski definition) is 2. The first-order valence-corrected chi connectivity index (χ1v) is 2.73. The zero-order valence-corrected chi connectivity index (χ0v) is 5.48. The predicted molar refractivity (Wildman–Crippen MR) is 36.9 cm³/mol. The number of aliphatic hydroxyl groups is 1. The first-order chi connectivity index (χ1) is 3.91. The van der Waals surface area contributed by atoms with Crippen molar-refractivity contribution < 1.29 is 5.11 Å². The van der Waals surface area contributed by atoms with Crippen LogP contribution in [0.15, 0.2) is 13.2 Å². The van der Waals surface area contributed by atoms with Crippen LogP contribution in [0.4, 0.5) is 0 Å². The fourth-order valence-electron chi connectivity index (χ4n) is 0. The minimum atomic E-state index is 0.250. The Kier molecular flexibility index (Phi) is 21.1. The van der Waals surface area contributed by atoms with Crippen LogP contribution in [0.1, 0.15) is 6.92 Å². The van der Waals surface area contributed by atoms with Crippen LogP contribution >= 0.6 is 0 Å². The van der Waals surface area contributed by atoms with Crippen molar-refractivity contribution in [2.24, 2.45) is 0 Å². The molecule has 1 rings (SSSR count). The van der Waals surface area contributed by atoms with Crippen molar-refractivity contribution in [1.82, 2.24) is 5.32 Å². The maximum Gasteiger partial charge on any atom is 0.0402 e. The Hall–Kier alpha value is -0.340. The number of rotatable bonds is 0. The zero-order chi connectivity index (χ0) is 6.83. The summed E-state index contributed by atoms with van der Waals surface area (Å²) in [5.74, 6) is 0. The molecule has 1 aliphatic heterocycles. The highest BCUT2D eigenvalue weighted by atomic mass is 16.2. The Labute approximate surface area is 51.2 Å². The van der Waals surface area contributed by atoms with Gasteiger partial charge in [-0.15, -0.1) is 13.2 Å². The number of aliphatic hydroxyl groups excluding tert-OH is 1. The second-order valence-electron chi connectivity index (χ2n) is 1.07. The maximum atomic E-state index is 7.57. The predicted octanol–water partition coefficient (Wildman–Crippen LogP) is 0.390. The molecule has 0 saturated carbocycles. The van der Waals surface area contributed by atoms with Crippen LogP contribution in [-0.2, 0) is 0 Å². The van der Waals surface area contributed by atoms with E-state index in [-0.39, 0.29) is 6.61 Å². The zero-order valence-electron chi connectivity index (χ0n) is 5.48. The van der Waals surface area contributed by atoms with E-state index in [1.54, 1.807) is 6.92 Å². The largest absolute Gasteiger partial charge is 0.397 e. The van der Waals surface area contributed by atoms with E-state index >= 15 is 0 Å². The topological polar surface area (TPSA) is 42.2 Å². The van der Waals surface area contributed by atoms with Crippen molar-refractivity contribution >= 4 is 0 Å². The molecule has 0 amide bonds. The van der Waals surface area contributed by atoms with Gasteiger partial charge in [0.05, 0.1) is 0 Å². The smallest absolute Gasteiger partial charge is 0.0402 e. The van der Waals surface area contributed by atoms with Crippen LogP contribution < -0.4 is 5.32 Å². The van der Waals surface area contributed by atoms with Crippen LogP contribution in [0.3, 0.4) is 0 Å². The van der Waals surface area contributed by atoms with E-state index in [2.05, 4.69) is 18.5 Å². The molecule has 50 valence electrons. The third-order valence-electron chi connectivity index (χ3n) is 0.250. The lowest BCUT2D eigenvalue weighted by Gasteiger charge is -1.52. The van der Waals surface area contributed by atoms with Gasteiger partial charge in [0.25, 0.3) is 0 Å². The minimum Gasteiger partial charge on any atom is -0.397 e. The quantitative estimate of drug-likeness (QED) is 0.356. The van der Waals surface area contributed by atoms with Crippen molar-refractivity contribution in [2.45, 2.75) is 6.92 Å². The Bertz CT molecular complexity index is 27.0. The van der Waals surface area contributed by atoms with Gasteiger partial charge in [0.2, 0.25) is 0 Å². The van der Waals surface area contributed by atoms with Crippen LogP contribution in [0.5, 0.6) is 0 Å². The third kappa shape index (κ3) is 282. The Morgan fingerprint density at radius 2 is 1.62 bits per heavy atom. The lowest BCUT2D eigenvalue weighted by atomic mass is 10.9. The standard InChI is InChI=1S/C2H5N.C2H6O.C2H4/c1-2-3-1;1-2-3;1-2/h3H,1-2H2;3H,2H2,1H3;1-2H2. The molecule has 1 heterocycles. The minimum absolute atomic E-state index is 0.250. The fourth-order valence-corrected chi connectivity index (χ4v) is 0. The van der Waals surface area contributed by atoms with Crippen LogP contribution in [0.25, 0.3) is 0 Å². The van der Waals surface area contributed by atoms with E-state index in [9.17, 15) is 0 Å². The van der Waals surface area contributed by atoms with E-state index in [1.807, 2.05) is 0 Å². The van der Waals surface area contributed by atoms with E-state index in [1.165, 1.54) is 13.1 Å². The molecule has 2 heteroatoms. The monoisotopic (exact) mass is 117 g/mol. The van der Waals surface area contributed by atoms with Gasteiger partial charge in [-0.3, -0.25) is 0 Å². The van der Waals surface area contributed by atoms with Crippen molar-refractivity contribution in [3.05, 3.63) is 13.2 Å². The first kappa shape index (κ1) is 10.6. The molecule has 0 aromatic carbocycles. The van der Waals surface area contributed by atoms with Gasteiger partial charge < -0.3 is 10.4 Å². The summed E-state index contributed by atoms with van der Waals surface area (Å²) in [7, 11) is 0. The molecule has 0 radical (unpaired) electrons. The highest BCUT2D eigenvalue weighted by molar-refractivity contribution is 4.58. The molecule has 0 aromatic rings. The molecule has 0 aromatic heterocycles. The van der Waals surface area contributed by atoms with Gasteiger partial charge in [0.15, 0.2) is 0 Å². The normalized spacial score (nSPS) is 11.8. The summed E-state index contributed by atoms with van der Waals surface area (Å²) < 4.78 is 0. The van der Waals surface area contributed by atoms with E-state index in [0.717, 1.165) is 0 Å². The van der Waals surface area contributed by atoms with Gasteiger partial charge in [-0.25, -0.2) is 0 Å². The average molecular weight is 117 g/mol. The van der Waals surface area contributed by atoms with Gasteiger partial charge in [-0.05, 0) is 6.92 Å². The first-order valence-electron chi connectivity index (χ1n) is 2.73. The van der Waals surface area contributed by atoms with E-state index < -0.39 is 0 Å². The Morgan fingerprint density at radius 1 is 1.50 bits per heavy atom. The van der Waals surface area contributed by atoms with Gasteiger partial charge in [0.1, 0.15) is 0 Å². The molecule has 8 heavy (non-hydrogen) atoms.